The summed E-state index contributed by atoms with van der Waals surface area (Å²) in [4.78, 5) is 62.2. The van der Waals surface area contributed by atoms with Crippen LogP contribution in [0.4, 0.5) is 0 Å². The average Bonchev–Trinajstić information content (AvgIpc) is 3.34. The van der Waals surface area contributed by atoms with Gasteiger partial charge in [0.15, 0.2) is 11.5 Å². The van der Waals surface area contributed by atoms with E-state index in [1.54, 1.807) is 33.1 Å². The van der Waals surface area contributed by atoms with Crippen LogP contribution in [0.1, 0.15) is 45.1 Å². The molecule has 1 fully saturated rings. The lowest BCUT2D eigenvalue weighted by Crippen LogP contribution is -2.56. The van der Waals surface area contributed by atoms with Gasteiger partial charge in [0.25, 0.3) is 0 Å². The molecular weight excluding hydrogens is 470 g/mol. The summed E-state index contributed by atoms with van der Waals surface area (Å²) in [5.74, 6) is -1.58. The first kappa shape index (κ1) is 28.6. The van der Waals surface area contributed by atoms with Gasteiger partial charge < -0.3 is 34.9 Å². The van der Waals surface area contributed by atoms with Gasteiger partial charge in [-0.3, -0.25) is 19.2 Å². The molecule has 36 heavy (non-hydrogen) atoms. The number of methoxy groups -OCH3 is 2. The van der Waals surface area contributed by atoms with Crippen molar-refractivity contribution in [1.29, 1.82) is 0 Å². The predicted molar refractivity (Wildman–Crippen MR) is 130 cm³/mol. The number of aryl methyl sites for hydroxylation is 1. The molecule has 0 aromatic heterocycles. The first-order valence-electron chi connectivity index (χ1n) is 11.9. The van der Waals surface area contributed by atoms with E-state index in [9.17, 15) is 24.0 Å². The van der Waals surface area contributed by atoms with E-state index >= 15 is 0 Å². The minimum absolute atomic E-state index is 0.145. The lowest BCUT2D eigenvalue weighted by Gasteiger charge is -2.31. The second kappa shape index (κ2) is 13.5. The molecule has 1 aliphatic rings. The third kappa shape index (κ3) is 7.69. The lowest BCUT2D eigenvalue weighted by molar-refractivity contribution is -0.143. The molecule has 198 valence electrons. The Morgan fingerprint density at radius 2 is 1.83 bits per heavy atom. The van der Waals surface area contributed by atoms with Crippen molar-refractivity contribution in [1.82, 2.24) is 15.5 Å². The molecule has 0 aliphatic carbocycles. The molecule has 1 aliphatic heterocycles. The van der Waals surface area contributed by atoms with Crippen LogP contribution in [-0.4, -0.2) is 78.9 Å². The van der Waals surface area contributed by atoms with Crippen LogP contribution in [-0.2, 0) is 30.4 Å². The number of carbonyl (C=O) groups excluding carboxylic acids is 4. The smallest absolute Gasteiger partial charge is 0.305 e. The average molecular weight is 506 g/mol. The zero-order valence-electron chi connectivity index (χ0n) is 21.1. The van der Waals surface area contributed by atoms with E-state index in [1.165, 1.54) is 12.0 Å². The van der Waals surface area contributed by atoms with E-state index in [1.807, 2.05) is 6.07 Å². The van der Waals surface area contributed by atoms with Crippen LogP contribution in [0.3, 0.4) is 0 Å². The maximum absolute atomic E-state index is 13.3. The van der Waals surface area contributed by atoms with Gasteiger partial charge in [-0.25, -0.2) is 0 Å². The second-order valence-corrected chi connectivity index (χ2v) is 9.02. The van der Waals surface area contributed by atoms with Gasteiger partial charge in [0.1, 0.15) is 18.4 Å². The number of nitrogens with one attached hydrogen (secondary N) is 2. The van der Waals surface area contributed by atoms with Gasteiger partial charge in [0.2, 0.25) is 17.7 Å². The molecule has 1 aromatic rings. The Labute approximate surface area is 210 Å². The number of benzene rings is 1. The fraction of sp³-hybridized carbons (Fsp3) is 0.560. The number of hydrogen-bond donors (Lipinski definition) is 3. The van der Waals surface area contributed by atoms with Gasteiger partial charge >= 0.3 is 5.97 Å². The van der Waals surface area contributed by atoms with Gasteiger partial charge in [-0.15, -0.1) is 0 Å². The number of likely N-dealkylation sites (tertiary alicyclic amines) is 1. The Hall–Kier alpha value is -3.63. The summed E-state index contributed by atoms with van der Waals surface area (Å²) in [7, 11) is 3.07. The van der Waals surface area contributed by atoms with Gasteiger partial charge in [0, 0.05) is 13.0 Å². The van der Waals surface area contributed by atoms with Crippen molar-refractivity contribution in [2.75, 3.05) is 20.8 Å². The Morgan fingerprint density at radius 3 is 2.42 bits per heavy atom. The Kier molecular flexibility index (Phi) is 10.7. The molecule has 0 saturated carbocycles. The lowest BCUT2D eigenvalue weighted by atomic mass is 10.0. The van der Waals surface area contributed by atoms with Crippen LogP contribution in [0.2, 0.25) is 0 Å². The van der Waals surface area contributed by atoms with Crippen molar-refractivity contribution in [3.8, 4) is 11.5 Å². The van der Waals surface area contributed by atoms with Crippen molar-refractivity contribution in [2.24, 2.45) is 5.92 Å². The van der Waals surface area contributed by atoms with Crippen molar-refractivity contribution >= 4 is 30.0 Å². The quantitative estimate of drug-likeness (QED) is 0.335. The third-order valence-electron chi connectivity index (χ3n) is 6.06. The fourth-order valence-electron chi connectivity index (χ4n) is 4.14. The van der Waals surface area contributed by atoms with E-state index < -0.39 is 36.4 Å². The summed E-state index contributed by atoms with van der Waals surface area (Å²) in [6.07, 6.45) is 1.35. The van der Waals surface area contributed by atoms with Crippen molar-refractivity contribution < 1.29 is 38.6 Å². The predicted octanol–water partition coefficient (Wildman–Crippen LogP) is 0.927. The summed E-state index contributed by atoms with van der Waals surface area (Å²) in [5.41, 5.74) is 0.873. The van der Waals surface area contributed by atoms with E-state index in [0.717, 1.165) is 5.56 Å². The molecule has 11 heteroatoms. The van der Waals surface area contributed by atoms with Gasteiger partial charge in [-0.05, 0) is 42.9 Å². The van der Waals surface area contributed by atoms with E-state index in [-0.39, 0.29) is 24.2 Å². The number of carbonyl (C=O) groups is 5. The van der Waals surface area contributed by atoms with Crippen LogP contribution < -0.4 is 20.1 Å². The summed E-state index contributed by atoms with van der Waals surface area (Å²) in [6.45, 7) is 3.93. The second-order valence-electron chi connectivity index (χ2n) is 9.02. The molecule has 3 N–H and O–H groups in total. The maximum atomic E-state index is 13.3. The van der Waals surface area contributed by atoms with Crippen LogP contribution in [0.5, 0.6) is 11.5 Å². The van der Waals surface area contributed by atoms with Crippen LogP contribution >= 0.6 is 0 Å². The molecule has 11 nitrogen and oxygen atoms in total. The largest absolute Gasteiger partial charge is 0.493 e. The van der Waals surface area contributed by atoms with Gasteiger partial charge in [0.05, 0.1) is 26.7 Å². The highest BCUT2D eigenvalue weighted by Crippen LogP contribution is 2.28. The molecule has 3 amide bonds. The molecule has 1 aromatic carbocycles. The zero-order chi connectivity index (χ0) is 26.8. The number of carboxylic acids is 1. The topological polar surface area (TPSA) is 151 Å². The first-order chi connectivity index (χ1) is 17.1. The van der Waals surface area contributed by atoms with Gasteiger partial charge in [-0.1, -0.05) is 19.9 Å². The number of hydrogen-bond acceptors (Lipinski definition) is 7. The minimum Gasteiger partial charge on any atom is -0.493 e. The maximum Gasteiger partial charge on any atom is 0.305 e. The van der Waals surface area contributed by atoms with E-state index in [0.29, 0.717) is 43.6 Å². The number of aliphatic carboxylic acids is 1. The Morgan fingerprint density at radius 1 is 1.14 bits per heavy atom. The summed E-state index contributed by atoms with van der Waals surface area (Å²) >= 11 is 0. The monoisotopic (exact) mass is 505 g/mol. The molecule has 0 spiro atoms. The number of rotatable bonds is 13. The highest BCUT2D eigenvalue weighted by atomic mass is 16.5. The molecular formula is C25H35N3O8. The summed E-state index contributed by atoms with van der Waals surface area (Å²) < 4.78 is 10.5. The molecule has 1 heterocycles. The Balaban J connectivity index is 2.02. The molecule has 2 rings (SSSR count). The number of aldehydes is 1. The number of amides is 3. The van der Waals surface area contributed by atoms with Crippen molar-refractivity contribution in [3.05, 3.63) is 23.8 Å². The van der Waals surface area contributed by atoms with Crippen molar-refractivity contribution in [2.45, 2.75) is 64.1 Å². The number of ether oxygens (including phenoxy) is 2. The third-order valence-corrected chi connectivity index (χ3v) is 6.06. The van der Waals surface area contributed by atoms with Gasteiger partial charge in [-0.2, -0.15) is 0 Å². The molecule has 0 bridgehead atoms. The standard InChI is InChI=1S/C25H35N3O8/c1-15(2)23(27-21(30)10-8-16-7-9-19(35-3)20(12-16)36-4)25(34)28-11-5-6-18(28)24(33)26-17(14-29)13-22(31)32/h7,9,12,14-15,17-18,23H,5-6,8,10-11,13H2,1-4H3,(H,26,33)(H,27,30)(H,31,32)/t17-,18-,23-/m0/s1. The SMILES string of the molecule is COc1ccc(CCC(=O)N[C@H](C(=O)N2CCC[C@H]2C(=O)N[C@H](C=O)CC(=O)O)C(C)C)cc1OC. The zero-order valence-corrected chi connectivity index (χ0v) is 21.1. The first-order valence-corrected chi connectivity index (χ1v) is 11.9. The molecule has 3 atom stereocenters. The summed E-state index contributed by atoms with van der Waals surface area (Å²) in [6, 6.07) is 2.54. The number of carboxylic acid groups (broad SMARTS) is 1. The highest BCUT2D eigenvalue weighted by Gasteiger charge is 2.39. The number of nitrogens with zero attached hydrogens (tertiary/aromatic N) is 1. The minimum atomic E-state index is -1.22. The van der Waals surface area contributed by atoms with Crippen LogP contribution in [0.15, 0.2) is 18.2 Å². The van der Waals surface area contributed by atoms with Crippen molar-refractivity contribution in [3.63, 3.8) is 0 Å². The van der Waals surface area contributed by atoms with Crippen LogP contribution in [0, 0.1) is 5.92 Å². The summed E-state index contributed by atoms with van der Waals surface area (Å²) in [5, 5.41) is 14.1. The molecule has 0 unspecified atom stereocenters. The fourth-order valence-corrected chi connectivity index (χ4v) is 4.14. The normalized spacial score (nSPS) is 16.7. The highest BCUT2D eigenvalue weighted by molar-refractivity contribution is 5.93. The molecule has 0 radical (unpaired) electrons. The molecule has 1 saturated heterocycles. The van der Waals surface area contributed by atoms with Crippen LogP contribution in [0.25, 0.3) is 0 Å². The van der Waals surface area contributed by atoms with E-state index in [2.05, 4.69) is 10.6 Å². The van der Waals surface area contributed by atoms with E-state index in [4.69, 9.17) is 14.6 Å². The Bertz CT molecular complexity index is 965.